The average molecular weight is 417 g/mol. The van der Waals surface area contributed by atoms with Gasteiger partial charge in [0, 0.05) is 12.1 Å². The maximum Gasteiger partial charge on any atom is 0.271 e. The minimum Gasteiger partial charge on any atom is -0.279 e. The summed E-state index contributed by atoms with van der Waals surface area (Å²) in [5, 5.41) is 10.0. The number of carbonyl (C=O) groups excluding carboxylic acids is 1. The number of hydrogen-bond acceptors (Lipinski definition) is 5. The number of nitrogens with zero attached hydrogens (tertiary/aromatic N) is 2. The van der Waals surface area contributed by atoms with Gasteiger partial charge >= 0.3 is 0 Å². The van der Waals surface area contributed by atoms with Crippen molar-refractivity contribution >= 4 is 49.8 Å². The number of benzene rings is 2. The Kier molecular flexibility index (Phi) is 5.90. The maximum absolute atomic E-state index is 13.1. The van der Waals surface area contributed by atoms with Crippen LogP contribution in [0.2, 0.25) is 5.02 Å². The highest BCUT2D eigenvalue weighted by molar-refractivity contribution is 7.93. The molecule has 0 heterocycles. The summed E-state index contributed by atoms with van der Waals surface area (Å²) in [7, 11) is -4.26. The van der Waals surface area contributed by atoms with Crippen LogP contribution < -0.4 is 4.31 Å². The molecular weight excluding hydrogens is 403 g/mol. The third kappa shape index (κ3) is 3.98. The molecule has 10 heteroatoms. The van der Waals surface area contributed by atoms with Crippen molar-refractivity contribution in [1.29, 1.82) is 0 Å². The van der Waals surface area contributed by atoms with Crippen molar-refractivity contribution in [3.63, 3.8) is 0 Å². The lowest BCUT2D eigenvalue weighted by atomic mass is 10.2. The van der Waals surface area contributed by atoms with E-state index in [9.17, 15) is 23.3 Å². The number of aryl methyl sites for hydroxylation is 1. The molecule has 7 nitrogen and oxygen atoms in total. The van der Waals surface area contributed by atoms with E-state index in [1.54, 1.807) is 19.1 Å². The number of carbonyl (C=O) groups is 1. The van der Waals surface area contributed by atoms with Crippen LogP contribution in [0, 0.1) is 17.0 Å². The van der Waals surface area contributed by atoms with Gasteiger partial charge in [0.15, 0.2) is 0 Å². The predicted molar refractivity (Wildman–Crippen MR) is 99.3 cm³/mol. The van der Waals surface area contributed by atoms with Gasteiger partial charge in [-0.05, 0) is 43.6 Å². The first kappa shape index (κ1) is 20.2. The van der Waals surface area contributed by atoms with Gasteiger partial charge in [-0.2, -0.15) is 0 Å². The quantitative estimate of drug-likeness (QED) is 0.403. The summed E-state index contributed by atoms with van der Waals surface area (Å²) in [6.07, 6.45) is 0. The number of anilines is 1. The lowest BCUT2D eigenvalue weighted by Gasteiger charge is -2.29. The normalized spacial score (nSPS) is 12.5. The Morgan fingerprint density at radius 3 is 2.27 bits per heavy atom. The summed E-state index contributed by atoms with van der Waals surface area (Å²) in [5.41, 5.74) is 0.260. The molecule has 1 atom stereocenters. The van der Waals surface area contributed by atoms with Crippen LogP contribution >= 0.6 is 23.2 Å². The van der Waals surface area contributed by atoms with Crippen molar-refractivity contribution in [2.75, 3.05) is 4.31 Å². The fourth-order valence-corrected chi connectivity index (χ4v) is 4.29. The van der Waals surface area contributed by atoms with E-state index in [0.29, 0.717) is 4.31 Å². The van der Waals surface area contributed by atoms with E-state index in [1.165, 1.54) is 25.1 Å². The number of hydrogen-bond donors (Lipinski definition) is 0. The SMILES string of the molecule is Cc1ccc(S(=O)(=O)N(c2cc([N+](=O)[O-])ccc2Cl)C(C)C(=O)Cl)cc1. The third-order valence-electron chi connectivity index (χ3n) is 3.64. The summed E-state index contributed by atoms with van der Waals surface area (Å²) < 4.78 is 26.9. The molecule has 0 aliphatic rings. The molecule has 0 aliphatic heterocycles. The number of nitro groups is 1. The largest absolute Gasteiger partial charge is 0.279 e. The molecule has 0 aliphatic carbocycles. The highest BCUT2D eigenvalue weighted by atomic mass is 35.5. The maximum atomic E-state index is 13.1. The van der Waals surface area contributed by atoms with Crippen molar-refractivity contribution in [3.05, 3.63) is 63.2 Å². The Bertz CT molecular complexity index is 961. The van der Waals surface area contributed by atoms with Crippen LogP contribution in [0.5, 0.6) is 0 Å². The molecule has 2 aromatic carbocycles. The molecule has 2 aromatic rings. The molecule has 0 fully saturated rings. The van der Waals surface area contributed by atoms with Crippen LogP contribution in [-0.2, 0) is 14.8 Å². The third-order valence-corrected chi connectivity index (χ3v) is 6.17. The van der Waals surface area contributed by atoms with Gasteiger partial charge in [-0.1, -0.05) is 29.3 Å². The van der Waals surface area contributed by atoms with E-state index in [1.807, 2.05) is 0 Å². The Labute approximate surface area is 160 Å². The number of halogens is 2. The first-order valence-electron chi connectivity index (χ1n) is 7.30. The molecule has 0 bridgehead atoms. The number of sulfonamides is 1. The fraction of sp³-hybridized carbons (Fsp3) is 0.188. The molecule has 2 rings (SSSR count). The molecular formula is C16H14Cl2N2O5S. The van der Waals surface area contributed by atoms with Crippen LogP contribution in [0.25, 0.3) is 0 Å². The predicted octanol–water partition coefficient (Wildman–Crippen LogP) is 3.91. The average Bonchev–Trinajstić information content (AvgIpc) is 2.56. The van der Waals surface area contributed by atoms with Crippen LogP contribution in [-0.4, -0.2) is 24.6 Å². The van der Waals surface area contributed by atoms with Crippen LogP contribution in [0.15, 0.2) is 47.4 Å². The van der Waals surface area contributed by atoms with Gasteiger partial charge in [0.25, 0.3) is 15.7 Å². The highest BCUT2D eigenvalue weighted by Crippen LogP contribution is 2.35. The lowest BCUT2D eigenvalue weighted by molar-refractivity contribution is -0.384. The minimum absolute atomic E-state index is 0.0731. The zero-order valence-corrected chi connectivity index (χ0v) is 16.0. The Hall–Kier alpha value is -2.16. The van der Waals surface area contributed by atoms with E-state index in [-0.39, 0.29) is 21.3 Å². The molecule has 0 N–H and O–H groups in total. The van der Waals surface area contributed by atoms with Gasteiger partial charge in [-0.3, -0.25) is 19.2 Å². The van der Waals surface area contributed by atoms with Gasteiger partial charge in [0.1, 0.15) is 6.04 Å². The minimum atomic E-state index is -4.26. The number of non-ortho nitro benzene ring substituents is 1. The Morgan fingerprint density at radius 1 is 1.19 bits per heavy atom. The molecule has 26 heavy (non-hydrogen) atoms. The van der Waals surface area contributed by atoms with Crippen LogP contribution in [0.4, 0.5) is 11.4 Å². The highest BCUT2D eigenvalue weighted by Gasteiger charge is 2.34. The number of nitro benzene ring substituents is 1. The van der Waals surface area contributed by atoms with Crippen molar-refractivity contribution in [1.82, 2.24) is 0 Å². The smallest absolute Gasteiger partial charge is 0.271 e. The van der Waals surface area contributed by atoms with E-state index in [0.717, 1.165) is 17.7 Å². The molecule has 138 valence electrons. The van der Waals surface area contributed by atoms with Crippen molar-refractivity contribution in [3.8, 4) is 0 Å². The zero-order chi connectivity index (χ0) is 19.6. The van der Waals surface area contributed by atoms with Gasteiger partial charge in [-0.15, -0.1) is 0 Å². The Balaban J connectivity index is 2.72. The molecule has 0 spiro atoms. The van der Waals surface area contributed by atoms with Crippen molar-refractivity contribution in [2.45, 2.75) is 24.8 Å². The summed E-state index contributed by atoms with van der Waals surface area (Å²) in [6.45, 7) is 3.06. The topological polar surface area (TPSA) is 97.6 Å². The van der Waals surface area contributed by atoms with E-state index in [4.69, 9.17) is 23.2 Å². The van der Waals surface area contributed by atoms with Gasteiger partial charge in [0.05, 0.1) is 20.5 Å². The first-order valence-corrected chi connectivity index (χ1v) is 9.49. The monoisotopic (exact) mass is 416 g/mol. The fourth-order valence-electron chi connectivity index (χ4n) is 2.25. The molecule has 0 radical (unpaired) electrons. The summed E-state index contributed by atoms with van der Waals surface area (Å²) in [4.78, 5) is 22.0. The lowest BCUT2D eigenvalue weighted by Crippen LogP contribution is -2.42. The van der Waals surface area contributed by atoms with Gasteiger partial charge in [-0.25, -0.2) is 8.42 Å². The summed E-state index contributed by atoms with van der Waals surface area (Å²) >= 11 is 11.6. The molecule has 1 unspecified atom stereocenters. The standard InChI is InChI=1S/C16H14Cl2N2O5S/c1-10-3-6-13(7-4-10)26(24,25)19(11(2)16(18)21)15-9-12(20(22)23)5-8-14(15)17/h3-9,11H,1-2H3. The second-order valence-electron chi connectivity index (χ2n) is 5.49. The van der Waals surface area contributed by atoms with Gasteiger partial charge < -0.3 is 0 Å². The molecule has 0 amide bonds. The Morgan fingerprint density at radius 2 is 1.77 bits per heavy atom. The van der Waals surface area contributed by atoms with E-state index < -0.39 is 26.2 Å². The van der Waals surface area contributed by atoms with E-state index in [2.05, 4.69) is 0 Å². The first-order chi connectivity index (χ1) is 12.1. The van der Waals surface area contributed by atoms with E-state index >= 15 is 0 Å². The second-order valence-corrected chi connectivity index (χ2v) is 8.08. The molecule has 0 saturated carbocycles. The summed E-state index contributed by atoms with van der Waals surface area (Å²) in [6, 6.07) is 7.91. The second kappa shape index (κ2) is 7.61. The number of rotatable bonds is 6. The van der Waals surface area contributed by atoms with Crippen LogP contribution in [0.3, 0.4) is 0 Å². The van der Waals surface area contributed by atoms with Crippen molar-refractivity contribution < 1.29 is 18.1 Å². The summed E-state index contributed by atoms with van der Waals surface area (Å²) in [5.74, 6) is 0. The van der Waals surface area contributed by atoms with Crippen molar-refractivity contribution in [2.24, 2.45) is 0 Å². The molecule has 0 saturated heterocycles. The molecule has 0 aromatic heterocycles. The zero-order valence-electron chi connectivity index (χ0n) is 13.7. The van der Waals surface area contributed by atoms with Crippen LogP contribution in [0.1, 0.15) is 12.5 Å². The van der Waals surface area contributed by atoms with Gasteiger partial charge in [0.2, 0.25) is 5.24 Å².